The van der Waals surface area contributed by atoms with Gasteiger partial charge in [0.05, 0.1) is 5.57 Å². The van der Waals surface area contributed by atoms with Gasteiger partial charge in [0, 0.05) is 18.8 Å². The Morgan fingerprint density at radius 2 is 2.11 bits per heavy atom. The van der Waals surface area contributed by atoms with Crippen LogP contribution in [0, 0.1) is 18.3 Å². The van der Waals surface area contributed by atoms with E-state index in [4.69, 9.17) is 23.2 Å². The standard InChI is InChI=1S/C15H17N3S/c1-11-8-14(18-6-2-3-7-18)5-4-12(11)9-13(10-16)15(17)19/h4-5,8-9H,2-3,6-7H2,1H3,(H2,17,19)/b13-9+. The van der Waals surface area contributed by atoms with Gasteiger partial charge in [0.15, 0.2) is 0 Å². The summed E-state index contributed by atoms with van der Waals surface area (Å²) in [6.45, 7) is 4.30. The van der Waals surface area contributed by atoms with Crippen LogP contribution in [0.1, 0.15) is 24.0 Å². The van der Waals surface area contributed by atoms with Gasteiger partial charge in [-0.05, 0) is 49.1 Å². The van der Waals surface area contributed by atoms with Crippen LogP contribution in [0.3, 0.4) is 0 Å². The molecule has 0 spiro atoms. The molecule has 0 bridgehead atoms. The van der Waals surface area contributed by atoms with Crippen molar-refractivity contribution in [2.45, 2.75) is 19.8 Å². The molecule has 0 unspecified atom stereocenters. The van der Waals surface area contributed by atoms with Crippen LogP contribution in [0.5, 0.6) is 0 Å². The summed E-state index contributed by atoms with van der Waals surface area (Å²) in [5, 5.41) is 8.98. The number of hydrogen-bond acceptors (Lipinski definition) is 3. The Morgan fingerprint density at radius 3 is 2.63 bits per heavy atom. The Kier molecular flexibility index (Phi) is 4.18. The largest absolute Gasteiger partial charge is 0.389 e. The molecule has 0 saturated carbocycles. The second kappa shape index (κ2) is 5.85. The zero-order valence-electron chi connectivity index (χ0n) is 11.0. The summed E-state index contributed by atoms with van der Waals surface area (Å²) in [6.07, 6.45) is 4.28. The normalized spacial score (nSPS) is 15.4. The molecule has 0 aromatic heterocycles. The smallest absolute Gasteiger partial charge is 0.114 e. The van der Waals surface area contributed by atoms with Crippen LogP contribution in [0.15, 0.2) is 23.8 Å². The Bertz CT molecular complexity index is 563. The van der Waals surface area contributed by atoms with Gasteiger partial charge in [-0.1, -0.05) is 18.3 Å². The molecule has 3 nitrogen and oxygen atoms in total. The van der Waals surface area contributed by atoms with Crippen molar-refractivity contribution in [3.8, 4) is 6.07 Å². The number of nitriles is 1. The van der Waals surface area contributed by atoms with Gasteiger partial charge in [-0.2, -0.15) is 5.26 Å². The first-order valence-electron chi connectivity index (χ1n) is 6.39. The van der Waals surface area contributed by atoms with E-state index in [-0.39, 0.29) is 4.99 Å². The Morgan fingerprint density at radius 1 is 1.42 bits per heavy atom. The monoisotopic (exact) mass is 271 g/mol. The Labute approximate surface area is 119 Å². The zero-order chi connectivity index (χ0) is 13.8. The first-order chi connectivity index (χ1) is 9.11. The number of hydrogen-bond donors (Lipinski definition) is 1. The molecule has 0 aliphatic carbocycles. The molecule has 0 atom stereocenters. The molecule has 4 heteroatoms. The van der Waals surface area contributed by atoms with Gasteiger partial charge in [0.1, 0.15) is 11.1 Å². The van der Waals surface area contributed by atoms with E-state index in [1.54, 1.807) is 6.08 Å². The van der Waals surface area contributed by atoms with Gasteiger partial charge in [-0.15, -0.1) is 0 Å². The molecule has 0 amide bonds. The molecule has 1 aliphatic rings. The van der Waals surface area contributed by atoms with Crippen molar-refractivity contribution in [3.05, 3.63) is 34.9 Å². The second-order valence-corrected chi connectivity index (χ2v) is 5.21. The predicted octanol–water partition coefficient (Wildman–Crippen LogP) is 2.79. The summed E-state index contributed by atoms with van der Waals surface area (Å²) in [4.78, 5) is 2.53. The van der Waals surface area contributed by atoms with Crippen LogP contribution in [-0.4, -0.2) is 18.1 Å². The molecule has 19 heavy (non-hydrogen) atoms. The summed E-state index contributed by atoms with van der Waals surface area (Å²) < 4.78 is 0. The van der Waals surface area contributed by atoms with E-state index < -0.39 is 0 Å². The molecule has 1 aromatic rings. The Hall–Kier alpha value is -1.86. The lowest BCUT2D eigenvalue weighted by atomic mass is 10.0. The first kappa shape index (κ1) is 13.6. The van der Waals surface area contributed by atoms with E-state index in [9.17, 15) is 0 Å². The summed E-state index contributed by atoms with van der Waals surface area (Å²) in [7, 11) is 0. The summed E-state index contributed by atoms with van der Waals surface area (Å²) in [5.74, 6) is 0. The zero-order valence-corrected chi connectivity index (χ0v) is 11.8. The van der Waals surface area contributed by atoms with Crippen LogP contribution in [0.25, 0.3) is 6.08 Å². The predicted molar refractivity (Wildman–Crippen MR) is 83.0 cm³/mol. The van der Waals surface area contributed by atoms with E-state index in [0.29, 0.717) is 5.57 Å². The van der Waals surface area contributed by atoms with Gasteiger partial charge >= 0.3 is 0 Å². The molecule has 1 aliphatic heterocycles. The number of aryl methyl sites for hydroxylation is 1. The average molecular weight is 271 g/mol. The van der Waals surface area contributed by atoms with Crippen molar-refractivity contribution in [2.24, 2.45) is 5.73 Å². The lowest BCUT2D eigenvalue weighted by Crippen LogP contribution is -2.17. The number of rotatable bonds is 3. The minimum atomic E-state index is 0.144. The van der Waals surface area contributed by atoms with Crippen LogP contribution >= 0.6 is 12.2 Å². The molecule has 1 saturated heterocycles. The molecule has 1 aromatic carbocycles. The molecule has 0 radical (unpaired) electrons. The second-order valence-electron chi connectivity index (χ2n) is 4.77. The highest BCUT2D eigenvalue weighted by atomic mass is 32.1. The third-order valence-corrected chi connectivity index (χ3v) is 3.63. The van der Waals surface area contributed by atoms with Gasteiger partial charge in [-0.3, -0.25) is 0 Å². The van der Waals surface area contributed by atoms with E-state index in [1.807, 2.05) is 19.1 Å². The van der Waals surface area contributed by atoms with Crippen molar-refractivity contribution in [3.63, 3.8) is 0 Å². The van der Waals surface area contributed by atoms with E-state index in [1.165, 1.54) is 18.5 Å². The molecule has 1 heterocycles. The van der Waals surface area contributed by atoms with Crippen molar-refractivity contribution in [1.82, 2.24) is 0 Å². The first-order valence-corrected chi connectivity index (χ1v) is 6.80. The van der Waals surface area contributed by atoms with Crippen LogP contribution in [-0.2, 0) is 0 Å². The van der Waals surface area contributed by atoms with Crippen molar-refractivity contribution in [1.29, 1.82) is 5.26 Å². The minimum Gasteiger partial charge on any atom is -0.389 e. The third kappa shape index (κ3) is 3.12. The van der Waals surface area contributed by atoms with Crippen molar-refractivity contribution in [2.75, 3.05) is 18.0 Å². The number of nitrogens with two attached hydrogens (primary N) is 1. The maximum absolute atomic E-state index is 8.98. The number of nitrogens with zero attached hydrogens (tertiary/aromatic N) is 2. The van der Waals surface area contributed by atoms with E-state index in [0.717, 1.165) is 24.2 Å². The van der Waals surface area contributed by atoms with Crippen LogP contribution < -0.4 is 10.6 Å². The summed E-state index contributed by atoms with van der Waals surface area (Å²) in [6, 6.07) is 8.31. The molecule has 1 fully saturated rings. The topological polar surface area (TPSA) is 53.0 Å². The maximum atomic E-state index is 8.98. The van der Waals surface area contributed by atoms with Crippen molar-refractivity contribution >= 4 is 29.0 Å². The van der Waals surface area contributed by atoms with Gasteiger partial charge in [0.25, 0.3) is 0 Å². The SMILES string of the molecule is Cc1cc(N2CCCC2)ccc1/C=C(\C#N)C(N)=S. The lowest BCUT2D eigenvalue weighted by molar-refractivity contribution is 0.949. The van der Waals surface area contributed by atoms with Crippen LogP contribution in [0.4, 0.5) is 5.69 Å². The molecule has 98 valence electrons. The fourth-order valence-corrected chi connectivity index (χ4v) is 2.41. The fraction of sp³-hybridized carbons (Fsp3) is 0.333. The highest BCUT2D eigenvalue weighted by molar-refractivity contribution is 7.80. The summed E-state index contributed by atoms with van der Waals surface area (Å²) in [5.41, 5.74) is 9.24. The van der Waals surface area contributed by atoms with Gasteiger partial charge in [0.2, 0.25) is 0 Å². The highest BCUT2D eigenvalue weighted by Crippen LogP contribution is 2.24. The fourth-order valence-electron chi connectivity index (χ4n) is 2.31. The third-order valence-electron chi connectivity index (χ3n) is 3.41. The average Bonchev–Trinajstić information content (AvgIpc) is 2.90. The van der Waals surface area contributed by atoms with Gasteiger partial charge in [-0.25, -0.2) is 0 Å². The molecule has 2 N–H and O–H groups in total. The van der Waals surface area contributed by atoms with E-state index in [2.05, 4.69) is 17.0 Å². The Balaban J connectivity index is 2.29. The van der Waals surface area contributed by atoms with Crippen LogP contribution in [0.2, 0.25) is 0 Å². The number of benzene rings is 1. The maximum Gasteiger partial charge on any atom is 0.114 e. The van der Waals surface area contributed by atoms with Gasteiger partial charge < -0.3 is 10.6 Å². The number of thiocarbonyl (C=S) groups is 1. The quantitative estimate of drug-likeness (QED) is 0.522. The van der Waals surface area contributed by atoms with E-state index >= 15 is 0 Å². The number of anilines is 1. The lowest BCUT2D eigenvalue weighted by Gasteiger charge is -2.18. The minimum absolute atomic E-state index is 0.144. The molecular weight excluding hydrogens is 254 g/mol. The molecular formula is C15H17N3S. The van der Waals surface area contributed by atoms with Crippen molar-refractivity contribution < 1.29 is 0 Å². The summed E-state index contributed by atoms with van der Waals surface area (Å²) >= 11 is 4.85. The highest BCUT2D eigenvalue weighted by Gasteiger charge is 2.12. The molecule has 2 rings (SSSR count).